The third kappa shape index (κ3) is 14.7. The molecule has 2 saturated heterocycles. The summed E-state index contributed by atoms with van der Waals surface area (Å²) in [6.07, 6.45) is 3.59. The van der Waals surface area contributed by atoms with Crippen LogP contribution in [0.4, 0.5) is 9.59 Å². The van der Waals surface area contributed by atoms with Crippen molar-refractivity contribution < 1.29 is 9.59 Å². The third-order valence-electron chi connectivity index (χ3n) is 4.34. The minimum Gasteiger partial charge on any atom is -0.338 e. The van der Waals surface area contributed by atoms with Gasteiger partial charge in [-0.1, -0.05) is 49.3 Å². The quantitative estimate of drug-likeness (QED) is 0.255. The van der Waals surface area contributed by atoms with Crippen LogP contribution in [0.2, 0.25) is 0 Å². The van der Waals surface area contributed by atoms with E-state index in [-0.39, 0.29) is 23.1 Å². The molecule has 186 valence electrons. The standard InChI is InChI=1S/C10H18N2OS2.C7H16N2OS2.2C2H6/c1-10(7-14-15-8-10)11-9(13)12-5-3-2-4-6-12;1-3-8-6(10)9-7(2,4-11)5-12;2*1-2/h2-8H2,1H3,(H,11,13);11-12H,3-5H2,1-2H3,(H2,8,9,10);2*1-2H3. The van der Waals surface area contributed by atoms with Gasteiger partial charge in [0.25, 0.3) is 0 Å². The highest BCUT2D eigenvalue weighted by molar-refractivity contribution is 8.77. The molecular weight excluding hydrogens is 469 g/mol. The SMILES string of the molecule is CC.CC.CC1(NC(=O)N2CCCCC2)CSSC1.CCNC(=O)NC(C)(CS)CS. The molecule has 3 N–H and O–H groups in total. The number of likely N-dealkylation sites (tertiary alicyclic amines) is 1. The number of thiol groups is 2. The van der Waals surface area contributed by atoms with E-state index in [0.29, 0.717) is 18.1 Å². The van der Waals surface area contributed by atoms with E-state index in [0.717, 1.165) is 37.4 Å². The summed E-state index contributed by atoms with van der Waals surface area (Å²) in [5.74, 6) is 3.20. The van der Waals surface area contributed by atoms with Gasteiger partial charge in [0.2, 0.25) is 0 Å². The van der Waals surface area contributed by atoms with E-state index in [1.807, 2.05) is 68.0 Å². The molecule has 0 unspecified atom stereocenters. The maximum atomic E-state index is 12.0. The molecule has 0 aliphatic carbocycles. The number of carbonyl (C=O) groups is 2. The van der Waals surface area contributed by atoms with Crippen molar-refractivity contribution in [3.63, 3.8) is 0 Å². The van der Waals surface area contributed by atoms with Crippen molar-refractivity contribution in [1.82, 2.24) is 20.9 Å². The highest BCUT2D eigenvalue weighted by Gasteiger charge is 2.33. The smallest absolute Gasteiger partial charge is 0.317 e. The Bertz CT molecular complexity index is 468. The lowest BCUT2D eigenvalue weighted by Crippen LogP contribution is -2.54. The van der Waals surface area contributed by atoms with Gasteiger partial charge in [-0.3, -0.25) is 0 Å². The summed E-state index contributed by atoms with van der Waals surface area (Å²) in [6.45, 7) is 16.4. The van der Waals surface area contributed by atoms with Crippen LogP contribution in [0.1, 0.15) is 67.7 Å². The molecule has 2 heterocycles. The first-order valence-corrected chi connectivity index (χ1v) is 15.1. The molecule has 0 atom stereocenters. The van der Waals surface area contributed by atoms with Gasteiger partial charge in [0, 0.05) is 42.6 Å². The maximum Gasteiger partial charge on any atom is 0.317 e. The summed E-state index contributed by atoms with van der Waals surface area (Å²) in [5.41, 5.74) is -0.324. The first-order valence-electron chi connectivity index (χ1n) is 11.4. The Morgan fingerprint density at radius 2 is 1.48 bits per heavy atom. The molecule has 0 saturated carbocycles. The van der Waals surface area contributed by atoms with Gasteiger partial charge in [-0.25, -0.2) is 9.59 Å². The number of hydrogen-bond acceptors (Lipinski definition) is 6. The average Bonchev–Trinajstić information content (AvgIpc) is 3.23. The Balaban J connectivity index is 0. The molecule has 2 rings (SSSR count). The van der Waals surface area contributed by atoms with Crippen molar-refractivity contribution in [3.05, 3.63) is 0 Å². The third-order valence-corrected chi connectivity index (χ3v) is 8.62. The topological polar surface area (TPSA) is 73.5 Å². The highest BCUT2D eigenvalue weighted by Crippen LogP contribution is 2.37. The normalized spacial score (nSPS) is 16.9. The van der Waals surface area contributed by atoms with Gasteiger partial charge in [-0.2, -0.15) is 25.3 Å². The molecular formula is C21H46N4O2S4. The lowest BCUT2D eigenvalue weighted by Gasteiger charge is -2.31. The summed E-state index contributed by atoms with van der Waals surface area (Å²) in [7, 11) is 3.71. The van der Waals surface area contributed by atoms with Gasteiger partial charge in [0.1, 0.15) is 0 Å². The average molecular weight is 515 g/mol. The van der Waals surface area contributed by atoms with Crippen LogP contribution in [-0.4, -0.2) is 70.7 Å². The second-order valence-electron chi connectivity index (χ2n) is 7.42. The Hall–Kier alpha value is -0.0600. The molecule has 0 radical (unpaired) electrons. The number of nitrogens with one attached hydrogen (secondary N) is 3. The lowest BCUT2D eigenvalue weighted by atomic mass is 10.1. The number of hydrogen-bond donors (Lipinski definition) is 5. The molecule has 6 nitrogen and oxygen atoms in total. The van der Waals surface area contributed by atoms with Crippen LogP contribution < -0.4 is 16.0 Å². The Morgan fingerprint density at radius 3 is 1.90 bits per heavy atom. The Labute approximate surface area is 210 Å². The van der Waals surface area contributed by atoms with E-state index in [1.54, 1.807) is 0 Å². The monoisotopic (exact) mass is 514 g/mol. The fraction of sp³-hybridized carbons (Fsp3) is 0.905. The number of rotatable bonds is 5. The number of nitrogens with zero attached hydrogens (tertiary/aromatic N) is 1. The molecule has 0 aromatic heterocycles. The van der Waals surface area contributed by atoms with Crippen LogP contribution >= 0.6 is 46.8 Å². The largest absolute Gasteiger partial charge is 0.338 e. The maximum absolute atomic E-state index is 12.0. The number of amides is 4. The molecule has 31 heavy (non-hydrogen) atoms. The Kier molecular flexibility index (Phi) is 20.7. The van der Waals surface area contributed by atoms with Crippen molar-refractivity contribution >= 4 is 58.9 Å². The predicted octanol–water partition coefficient (Wildman–Crippen LogP) is 5.31. The van der Waals surface area contributed by atoms with E-state index in [1.165, 1.54) is 6.42 Å². The van der Waals surface area contributed by atoms with Crippen molar-refractivity contribution in [2.24, 2.45) is 0 Å². The first kappa shape index (κ1) is 33.1. The van der Waals surface area contributed by atoms with Gasteiger partial charge < -0.3 is 20.9 Å². The zero-order chi connectivity index (χ0) is 24.3. The van der Waals surface area contributed by atoms with Crippen molar-refractivity contribution in [3.8, 4) is 0 Å². The fourth-order valence-corrected chi connectivity index (χ4v) is 6.28. The van der Waals surface area contributed by atoms with Crippen molar-refractivity contribution in [2.45, 2.75) is 78.8 Å². The molecule has 0 aromatic carbocycles. The van der Waals surface area contributed by atoms with E-state index in [2.05, 4.69) is 48.1 Å². The molecule has 2 aliphatic rings. The number of urea groups is 2. The van der Waals surface area contributed by atoms with Gasteiger partial charge in [-0.15, -0.1) is 0 Å². The predicted molar refractivity (Wildman–Crippen MR) is 148 cm³/mol. The van der Waals surface area contributed by atoms with Crippen LogP contribution in [0.25, 0.3) is 0 Å². The second-order valence-corrected chi connectivity index (χ2v) is 10.5. The van der Waals surface area contributed by atoms with E-state index in [4.69, 9.17) is 0 Å². The van der Waals surface area contributed by atoms with Crippen LogP contribution in [0.5, 0.6) is 0 Å². The lowest BCUT2D eigenvalue weighted by molar-refractivity contribution is 0.179. The van der Waals surface area contributed by atoms with Gasteiger partial charge >= 0.3 is 12.1 Å². The molecule has 4 amide bonds. The molecule has 0 spiro atoms. The number of carbonyl (C=O) groups excluding carboxylic acids is 2. The Morgan fingerprint density at radius 1 is 1.00 bits per heavy atom. The number of piperidine rings is 1. The van der Waals surface area contributed by atoms with Crippen molar-refractivity contribution in [2.75, 3.05) is 42.6 Å². The minimum absolute atomic E-state index is 0.00383. The van der Waals surface area contributed by atoms with Crippen LogP contribution in [0, 0.1) is 0 Å². The zero-order valence-corrected chi connectivity index (χ0v) is 24.0. The molecule has 2 fully saturated rings. The van der Waals surface area contributed by atoms with Crippen molar-refractivity contribution in [1.29, 1.82) is 0 Å². The van der Waals surface area contributed by atoms with Crippen LogP contribution in [0.3, 0.4) is 0 Å². The summed E-state index contributed by atoms with van der Waals surface area (Å²) < 4.78 is 0. The summed E-state index contributed by atoms with van der Waals surface area (Å²) >= 11 is 8.27. The van der Waals surface area contributed by atoms with E-state index in [9.17, 15) is 9.59 Å². The second kappa shape index (κ2) is 19.4. The molecule has 10 heteroatoms. The molecule has 0 aromatic rings. The summed E-state index contributed by atoms with van der Waals surface area (Å²) in [4.78, 5) is 25.0. The minimum atomic E-state index is -0.328. The summed E-state index contributed by atoms with van der Waals surface area (Å²) in [5, 5.41) is 8.61. The molecule has 2 aliphatic heterocycles. The zero-order valence-electron chi connectivity index (χ0n) is 20.5. The van der Waals surface area contributed by atoms with Crippen LogP contribution in [-0.2, 0) is 0 Å². The first-order chi connectivity index (χ1) is 14.8. The van der Waals surface area contributed by atoms with Gasteiger partial charge in [0.05, 0.1) is 11.1 Å². The highest BCUT2D eigenvalue weighted by atomic mass is 33.1. The van der Waals surface area contributed by atoms with E-state index >= 15 is 0 Å². The van der Waals surface area contributed by atoms with Crippen LogP contribution in [0.15, 0.2) is 0 Å². The van der Waals surface area contributed by atoms with Gasteiger partial charge in [0.15, 0.2) is 0 Å². The summed E-state index contributed by atoms with van der Waals surface area (Å²) in [6, 6.07) is -0.0246. The fourth-order valence-electron chi connectivity index (χ4n) is 2.50. The molecule has 0 bridgehead atoms. The van der Waals surface area contributed by atoms with E-state index < -0.39 is 0 Å². The van der Waals surface area contributed by atoms with Gasteiger partial charge in [-0.05, 0) is 40.0 Å².